The van der Waals surface area contributed by atoms with Gasteiger partial charge in [-0.15, -0.1) is 0 Å². The predicted octanol–water partition coefficient (Wildman–Crippen LogP) is 2.92. The minimum Gasteiger partial charge on any atom is -0.228 e. The Kier molecular flexibility index (Phi) is 2.49. The van der Waals surface area contributed by atoms with E-state index >= 15 is 0 Å². The van der Waals surface area contributed by atoms with E-state index in [0.717, 1.165) is 6.20 Å². The number of hydrogen-bond donors (Lipinski definition) is 0. The van der Waals surface area contributed by atoms with Crippen molar-refractivity contribution in [2.75, 3.05) is 0 Å². The lowest BCUT2D eigenvalue weighted by Crippen LogP contribution is -1.94. The average Bonchev–Trinajstić information content (AvgIpc) is 1.85. The van der Waals surface area contributed by atoms with Gasteiger partial charge in [0, 0.05) is 10.7 Å². The van der Waals surface area contributed by atoms with Gasteiger partial charge in [0.15, 0.2) is 0 Å². The van der Waals surface area contributed by atoms with Crippen LogP contribution in [0.25, 0.3) is 0 Å². The van der Waals surface area contributed by atoms with Crippen molar-refractivity contribution in [3.05, 3.63) is 28.2 Å². The van der Waals surface area contributed by atoms with E-state index in [2.05, 4.69) is 20.9 Å². The molecule has 1 aromatic rings. The Bertz CT molecular complexity index is 244. The van der Waals surface area contributed by atoms with Crippen molar-refractivity contribution >= 4 is 15.9 Å². The highest BCUT2D eigenvalue weighted by Crippen LogP contribution is 2.27. The molecule has 0 aliphatic heterocycles. The van der Waals surface area contributed by atoms with Crippen LogP contribution in [0, 0.1) is 5.95 Å². The van der Waals surface area contributed by atoms with E-state index in [0.29, 0.717) is 0 Å². The second-order valence-electron chi connectivity index (χ2n) is 1.80. The maximum Gasteiger partial charge on any atom is 0.269 e. The molecule has 0 fully saturated rings. The van der Waals surface area contributed by atoms with Gasteiger partial charge in [-0.2, -0.15) is 4.39 Å². The number of hydrogen-bond acceptors (Lipinski definition) is 1. The van der Waals surface area contributed by atoms with Crippen molar-refractivity contribution < 1.29 is 13.2 Å². The van der Waals surface area contributed by atoms with Gasteiger partial charge in [0.1, 0.15) is 0 Å². The lowest BCUT2D eigenvalue weighted by Gasteiger charge is -2.01. The van der Waals surface area contributed by atoms with Crippen LogP contribution in [0.15, 0.2) is 16.7 Å². The lowest BCUT2D eigenvalue weighted by molar-refractivity contribution is 0.144. The quantitative estimate of drug-likeness (QED) is 0.671. The molecule has 0 radical (unpaired) electrons. The van der Waals surface area contributed by atoms with Crippen LogP contribution in [0.1, 0.15) is 12.0 Å². The maximum atomic E-state index is 12.5. The number of rotatable bonds is 1. The van der Waals surface area contributed by atoms with Crippen molar-refractivity contribution in [3.63, 3.8) is 0 Å². The molecule has 0 N–H and O–H groups in total. The topological polar surface area (TPSA) is 12.9 Å². The van der Waals surface area contributed by atoms with Gasteiger partial charge in [-0.1, -0.05) is 15.9 Å². The molecule has 0 aromatic carbocycles. The van der Waals surface area contributed by atoms with Crippen LogP contribution in [-0.2, 0) is 0 Å². The summed E-state index contributed by atoms with van der Waals surface area (Å²) >= 11 is 2.79. The van der Waals surface area contributed by atoms with Crippen molar-refractivity contribution in [1.82, 2.24) is 4.98 Å². The van der Waals surface area contributed by atoms with Crippen LogP contribution < -0.4 is 0 Å². The largest absolute Gasteiger partial charge is 0.269 e. The highest BCUT2D eigenvalue weighted by molar-refractivity contribution is 9.10. The van der Waals surface area contributed by atoms with E-state index in [1.54, 1.807) is 0 Å². The fraction of sp³-hybridized carbons (Fsp3) is 0.167. The summed E-state index contributed by atoms with van der Waals surface area (Å²) in [5.41, 5.74) is -0.687. The van der Waals surface area contributed by atoms with E-state index in [1.807, 2.05) is 0 Å². The molecule has 0 aliphatic carbocycles. The Hall–Kier alpha value is -0.580. The van der Waals surface area contributed by atoms with Crippen molar-refractivity contribution in [2.24, 2.45) is 0 Å². The molecule has 0 atom stereocenters. The first-order valence-electron chi connectivity index (χ1n) is 2.71. The van der Waals surface area contributed by atoms with Crippen molar-refractivity contribution in [1.29, 1.82) is 0 Å². The summed E-state index contributed by atoms with van der Waals surface area (Å²) in [5, 5.41) is 0. The molecule has 1 heterocycles. The SMILES string of the molecule is Fc1nccc(Br)c1C(F)F. The second-order valence-corrected chi connectivity index (χ2v) is 2.65. The molecule has 1 rings (SSSR count). The van der Waals surface area contributed by atoms with Crippen LogP contribution in [0.5, 0.6) is 0 Å². The summed E-state index contributed by atoms with van der Waals surface area (Å²) in [7, 11) is 0. The van der Waals surface area contributed by atoms with Gasteiger partial charge >= 0.3 is 0 Å². The molecule has 0 amide bonds. The maximum absolute atomic E-state index is 12.5. The Morgan fingerprint density at radius 1 is 1.45 bits per heavy atom. The Morgan fingerprint density at radius 2 is 2.09 bits per heavy atom. The van der Waals surface area contributed by atoms with Gasteiger partial charge in [-0.05, 0) is 6.07 Å². The molecule has 1 nitrogen and oxygen atoms in total. The minimum atomic E-state index is -2.84. The number of halogens is 4. The molecule has 0 unspecified atom stereocenters. The van der Waals surface area contributed by atoms with E-state index in [4.69, 9.17) is 0 Å². The van der Waals surface area contributed by atoms with Crippen LogP contribution in [0.2, 0.25) is 0 Å². The fourth-order valence-electron chi connectivity index (χ4n) is 0.620. The molecular formula is C6H3BrF3N. The first kappa shape index (κ1) is 8.52. The summed E-state index contributed by atoms with van der Waals surface area (Å²) < 4.78 is 36.5. The Labute approximate surface area is 69.4 Å². The number of nitrogens with zero attached hydrogens (tertiary/aromatic N) is 1. The monoisotopic (exact) mass is 225 g/mol. The molecule has 11 heavy (non-hydrogen) atoms. The fourth-order valence-corrected chi connectivity index (χ4v) is 1.08. The number of pyridine rings is 1. The molecular weight excluding hydrogens is 223 g/mol. The van der Waals surface area contributed by atoms with Gasteiger partial charge in [-0.3, -0.25) is 0 Å². The normalized spacial score (nSPS) is 10.6. The molecule has 5 heteroatoms. The van der Waals surface area contributed by atoms with Crippen LogP contribution in [0.3, 0.4) is 0 Å². The first-order chi connectivity index (χ1) is 5.13. The Balaban J connectivity index is 3.21. The second kappa shape index (κ2) is 3.21. The van der Waals surface area contributed by atoms with E-state index < -0.39 is 17.9 Å². The van der Waals surface area contributed by atoms with Gasteiger partial charge in [0.2, 0.25) is 5.95 Å². The molecule has 0 spiro atoms. The third kappa shape index (κ3) is 1.71. The highest BCUT2D eigenvalue weighted by Gasteiger charge is 2.17. The highest BCUT2D eigenvalue weighted by atomic mass is 79.9. The van der Waals surface area contributed by atoms with E-state index in [-0.39, 0.29) is 4.47 Å². The third-order valence-corrected chi connectivity index (χ3v) is 1.80. The molecule has 0 saturated heterocycles. The summed E-state index contributed by atoms with van der Waals surface area (Å²) in [6.07, 6.45) is -1.72. The first-order valence-corrected chi connectivity index (χ1v) is 3.50. The summed E-state index contributed by atoms with van der Waals surface area (Å²) in [6.45, 7) is 0. The molecule has 0 bridgehead atoms. The summed E-state index contributed by atoms with van der Waals surface area (Å²) in [5.74, 6) is -1.13. The van der Waals surface area contributed by atoms with Crippen molar-refractivity contribution in [2.45, 2.75) is 6.43 Å². The zero-order chi connectivity index (χ0) is 8.43. The molecule has 60 valence electrons. The third-order valence-electron chi connectivity index (χ3n) is 1.11. The number of aromatic nitrogens is 1. The van der Waals surface area contributed by atoms with Crippen LogP contribution in [-0.4, -0.2) is 4.98 Å². The zero-order valence-electron chi connectivity index (χ0n) is 5.19. The molecule has 0 aliphatic rings. The van der Waals surface area contributed by atoms with Gasteiger partial charge in [-0.25, -0.2) is 13.8 Å². The average molecular weight is 226 g/mol. The number of alkyl halides is 2. The predicted molar refractivity (Wildman–Crippen MR) is 36.9 cm³/mol. The van der Waals surface area contributed by atoms with Gasteiger partial charge < -0.3 is 0 Å². The zero-order valence-corrected chi connectivity index (χ0v) is 6.78. The van der Waals surface area contributed by atoms with Crippen LogP contribution >= 0.6 is 15.9 Å². The van der Waals surface area contributed by atoms with Crippen LogP contribution in [0.4, 0.5) is 13.2 Å². The standard InChI is InChI=1S/C6H3BrF3N/c7-3-1-2-11-6(10)4(3)5(8)9/h1-2,5H. The lowest BCUT2D eigenvalue weighted by atomic mass is 10.3. The van der Waals surface area contributed by atoms with Gasteiger partial charge in [0.05, 0.1) is 5.56 Å². The molecule has 1 aromatic heterocycles. The summed E-state index contributed by atoms with van der Waals surface area (Å²) in [4.78, 5) is 3.08. The van der Waals surface area contributed by atoms with Crippen molar-refractivity contribution in [3.8, 4) is 0 Å². The minimum absolute atomic E-state index is 0.0417. The molecule has 0 saturated carbocycles. The summed E-state index contributed by atoms with van der Waals surface area (Å²) in [6, 6.07) is 1.27. The van der Waals surface area contributed by atoms with E-state index in [1.165, 1.54) is 6.07 Å². The van der Waals surface area contributed by atoms with E-state index in [9.17, 15) is 13.2 Å². The van der Waals surface area contributed by atoms with Gasteiger partial charge in [0.25, 0.3) is 6.43 Å². The Morgan fingerprint density at radius 3 is 2.45 bits per heavy atom. The smallest absolute Gasteiger partial charge is 0.228 e.